The third-order valence-electron chi connectivity index (χ3n) is 1.85. The molecule has 0 N–H and O–H groups in total. The number of nitrogens with zero attached hydrogens (tertiary/aromatic N) is 2. The molecule has 0 fully saturated rings. The Hall–Kier alpha value is -1.27. The molecule has 0 bridgehead atoms. The van der Waals surface area contributed by atoms with Gasteiger partial charge in [-0.25, -0.2) is 4.52 Å². The van der Waals surface area contributed by atoms with E-state index in [-0.39, 0.29) is 25.5 Å². The van der Waals surface area contributed by atoms with Crippen molar-refractivity contribution in [3.05, 3.63) is 38.4 Å². The molecule has 104 valence electrons. The summed E-state index contributed by atoms with van der Waals surface area (Å²) in [5, 5.41) is 21.2. The Balaban J connectivity index is 0.00000361. The number of hydrogen-bond donors (Lipinski definition) is 0. The first-order valence-electron chi connectivity index (χ1n) is 4.85. The van der Waals surface area contributed by atoms with Crippen molar-refractivity contribution >= 4 is 19.5 Å². The minimum atomic E-state index is -4.74. The zero-order chi connectivity index (χ0) is 14.6. The molecular formula is C8H8LiN2O8P. The van der Waals surface area contributed by atoms with Crippen molar-refractivity contribution in [1.29, 1.82) is 0 Å². The van der Waals surface area contributed by atoms with Crippen molar-refractivity contribution in [2.75, 3.05) is 6.61 Å². The zero-order valence-electron chi connectivity index (χ0n) is 10.5. The Morgan fingerprint density at radius 2 is 1.80 bits per heavy atom. The molecule has 0 aliphatic rings. The van der Waals surface area contributed by atoms with Crippen molar-refractivity contribution in [1.82, 2.24) is 0 Å². The first kappa shape index (κ1) is 18.7. The van der Waals surface area contributed by atoms with Gasteiger partial charge in [0, 0.05) is 6.07 Å². The second kappa shape index (κ2) is 7.49. The summed E-state index contributed by atoms with van der Waals surface area (Å²) in [6, 6.07) is 2.30. The van der Waals surface area contributed by atoms with E-state index in [1.54, 1.807) is 0 Å². The normalized spacial score (nSPS) is 10.6. The van der Waals surface area contributed by atoms with Gasteiger partial charge in [-0.15, -0.1) is 0 Å². The molecule has 0 radical (unpaired) electrons. The minimum absolute atomic E-state index is 0. The second-order valence-corrected chi connectivity index (χ2v) is 4.46. The Morgan fingerprint density at radius 3 is 2.25 bits per heavy atom. The predicted octanol–water partition coefficient (Wildman–Crippen LogP) is -2.68. The smallest absolute Gasteiger partial charge is 0.627 e. The SMILES string of the molecule is CCO[P+]([O-])([O-])Oc1ccc([N+](=O)[O-])cc1[N+](=O)[O-].[Li+]. The van der Waals surface area contributed by atoms with E-state index in [0.717, 1.165) is 12.1 Å². The van der Waals surface area contributed by atoms with Crippen molar-refractivity contribution in [2.24, 2.45) is 0 Å². The van der Waals surface area contributed by atoms with Crippen molar-refractivity contribution in [3.8, 4) is 5.75 Å². The Bertz CT molecular complexity index is 511. The van der Waals surface area contributed by atoms with Gasteiger partial charge in [0.2, 0.25) is 8.17 Å². The third kappa shape index (κ3) is 5.01. The molecule has 10 nitrogen and oxygen atoms in total. The molecule has 0 saturated carbocycles. The molecule has 0 aromatic heterocycles. The number of benzene rings is 1. The van der Waals surface area contributed by atoms with Crippen LogP contribution in [0.4, 0.5) is 11.4 Å². The van der Waals surface area contributed by atoms with Gasteiger partial charge in [0.05, 0.1) is 22.5 Å². The molecular weight excluding hydrogens is 290 g/mol. The summed E-state index contributed by atoms with van der Waals surface area (Å²) in [5.74, 6) is -0.651. The summed E-state index contributed by atoms with van der Waals surface area (Å²) < 4.78 is 8.65. The van der Waals surface area contributed by atoms with Gasteiger partial charge in [0.15, 0.2) is 0 Å². The number of non-ortho nitro benzene ring substituents is 1. The summed E-state index contributed by atoms with van der Waals surface area (Å²) in [6.45, 7) is 1.18. The van der Waals surface area contributed by atoms with Crippen LogP contribution in [0.5, 0.6) is 5.75 Å². The van der Waals surface area contributed by atoms with E-state index < -0.39 is 35.1 Å². The average Bonchev–Trinajstić information content (AvgIpc) is 2.27. The summed E-state index contributed by atoms with van der Waals surface area (Å²) in [5.41, 5.74) is -1.40. The van der Waals surface area contributed by atoms with Crippen LogP contribution >= 0.6 is 8.17 Å². The molecule has 0 saturated heterocycles. The molecule has 1 rings (SSSR count). The van der Waals surface area contributed by atoms with Gasteiger partial charge in [-0.1, -0.05) is 0 Å². The van der Waals surface area contributed by atoms with Crippen LogP contribution < -0.4 is 33.2 Å². The van der Waals surface area contributed by atoms with Crippen molar-refractivity contribution < 1.29 is 47.5 Å². The van der Waals surface area contributed by atoms with E-state index in [1.165, 1.54) is 6.92 Å². The van der Waals surface area contributed by atoms with E-state index in [4.69, 9.17) is 0 Å². The fourth-order valence-corrected chi connectivity index (χ4v) is 1.91. The molecule has 0 unspecified atom stereocenters. The van der Waals surface area contributed by atoms with Crippen LogP contribution in [0.15, 0.2) is 18.2 Å². The number of hydrogen-bond acceptors (Lipinski definition) is 8. The number of nitro groups is 2. The van der Waals surface area contributed by atoms with Gasteiger partial charge < -0.3 is 14.3 Å². The molecule has 1 aromatic rings. The summed E-state index contributed by atoms with van der Waals surface area (Å²) in [7, 11) is -4.74. The van der Waals surface area contributed by atoms with E-state index in [1.807, 2.05) is 0 Å². The molecule has 20 heavy (non-hydrogen) atoms. The van der Waals surface area contributed by atoms with Crippen LogP contribution in [0.1, 0.15) is 6.92 Å². The number of phosphoric acid groups is 1. The topological polar surface area (TPSA) is 151 Å². The van der Waals surface area contributed by atoms with Crippen LogP contribution in [-0.4, -0.2) is 16.5 Å². The summed E-state index contributed by atoms with van der Waals surface area (Å²) in [6.07, 6.45) is 0. The number of rotatable bonds is 6. The van der Waals surface area contributed by atoms with E-state index in [2.05, 4.69) is 9.05 Å². The third-order valence-corrected chi connectivity index (χ3v) is 2.84. The van der Waals surface area contributed by atoms with E-state index >= 15 is 0 Å². The maximum atomic E-state index is 11.2. The fraction of sp³-hybridized carbons (Fsp3) is 0.250. The Labute approximate surface area is 125 Å². The maximum Gasteiger partial charge on any atom is 1.00 e. The Kier molecular flexibility index (Phi) is 7.02. The molecule has 1 aromatic carbocycles. The van der Waals surface area contributed by atoms with Gasteiger partial charge in [0.25, 0.3) is 11.4 Å². The minimum Gasteiger partial charge on any atom is -0.627 e. The van der Waals surface area contributed by atoms with Crippen molar-refractivity contribution in [3.63, 3.8) is 0 Å². The van der Waals surface area contributed by atoms with Crippen LogP contribution in [0.2, 0.25) is 0 Å². The quantitative estimate of drug-likeness (QED) is 0.238. The monoisotopic (exact) mass is 298 g/mol. The summed E-state index contributed by atoms with van der Waals surface area (Å²) >= 11 is 0. The van der Waals surface area contributed by atoms with Gasteiger partial charge in [-0.05, 0) is 13.0 Å². The van der Waals surface area contributed by atoms with Gasteiger partial charge in [-0.2, -0.15) is 0 Å². The first-order valence-corrected chi connectivity index (χ1v) is 6.31. The molecule has 0 amide bonds. The van der Waals surface area contributed by atoms with Crippen LogP contribution in [0.25, 0.3) is 0 Å². The number of nitro benzene ring substituents is 2. The van der Waals surface area contributed by atoms with Crippen LogP contribution in [-0.2, 0) is 4.52 Å². The van der Waals surface area contributed by atoms with Crippen LogP contribution in [0.3, 0.4) is 0 Å². The molecule has 0 aliphatic carbocycles. The van der Waals surface area contributed by atoms with Crippen LogP contribution in [0, 0.1) is 20.2 Å². The first-order chi connectivity index (χ1) is 8.76. The van der Waals surface area contributed by atoms with E-state index in [0.29, 0.717) is 6.07 Å². The molecule has 12 heteroatoms. The number of phosphoric ester groups is 1. The van der Waals surface area contributed by atoms with Gasteiger partial charge >= 0.3 is 24.5 Å². The van der Waals surface area contributed by atoms with Crippen molar-refractivity contribution in [2.45, 2.75) is 6.92 Å². The fourth-order valence-electron chi connectivity index (χ4n) is 1.14. The summed E-state index contributed by atoms with van der Waals surface area (Å²) in [4.78, 5) is 41.8. The van der Waals surface area contributed by atoms with Gasteiger partial charge in [-0.3, -0.25) is 20.2 Å². The van der Waals surface area contributed by atoms with E-state index in [9.17, 15) is 30.0 Å². The average molecular weight is 298 g/mol. The Morgan fingerprint density at radius 1 is 1.20 bits per heavy atom. The molecule has 0 spiro atoms. The molecule has 0 atom stereocenters. The maximum absolute atomic E-state index is 11.2. The largest absolute Gasteiger partial charge is 1.00 e. The van der Waals surface area contributed by atoms with Gasteiger partial charge in [0.1, 0.15) is 0 Å². The molecule has 0 aliphatic heterocycles. The molecule has 0 heterocycles. The zero-order valence-corrected chi connectivity index (χ0v) is 11.4. The second-order valence-electron chi connectivity index (χ2n) is 3.12. The standard InChI is InChI=1S/C8H9N2O8P.Li/c1-2-17-19(15,16)18-8-4-3-6(9(11)12)5-7(8)10(13)14;/h3-5H,2H2,1H3,(H,15,16);/q;+1/p-1. The predicted molar refractivity (Wildman–Crippen MR) is 58.9 cm³/mol.